The maximum atomic E-state index is 13.8. The molecule has 1 aromatic heterocycles. The molecule has 2 heterocycles. The second-order valence-electron chi connectivity index (χ2n) is 5.25. The Hall–Kier alpha value is -2.59. The second kappa shape index (κ2) is 6.26. The number of benzene rings is 1. The predicted molar refractivity (Wildman–Crippen MR) is 79.0 cm³/mol. The van der Waals surface area contributed by atoms with Gasteiger partial charge in [-0.3, -0.25) is 0 Å². The van der Waals surface area contributed by atoms with Gasteiger partial charge in [0.25, 0.3) is 5.92 Å². The number of nitrogens with one attached hydrogen (secondary N) is 1. The monoisotopic (exact) mass is 316 g/mol. The van der Waals surface area contributed by atoms with E-state index in [1.54, 1.807) is 24.4 Å². The highest BCUT2D eigenvalue weighted by Gasteiger charge is 2.43. The van der Waals surface area contributed by atoms with Crippen LogP contribution in [0.2, 0.25) is 0 Å². The topological polar surface area (TPSA) is 70.8 Å². The Morgan fingerprint density at radius 3 is 2.91 bits per heavy atom. The summed E-state index contributed by atoms with van der Waals surface area (Å²) < 4.78 is 33.1. The smallest absolute Gasteiger partial charge is 0.296 e. The first-order valence-electron chi connectivity index (χ1n) is 7.16. The molecule has 1 saturated heterocycles. The van der Waals surface area contributed by atoms with Crippen LogP contribution in [0.4, 0.5) is 8.78 Å². The minimum atomic E-state index is -2.96. The van der Waals surface area contributed by atoms with Crippen molar-refractivity contribution in [1.29, 1.82) is 5.26 Å². The molecular weight excluding hydrogens is 302 g/mol. The van der Waals surface area contributed by atoms with Crippen molar-refractivity contribution in [3.8, 4) is 23.1 Å². The fraction of sp³-hybridized carbons (Fsp3) is 0.312. The van der Waals surface area contributed by atoms with Crippen LogP contribution in [0.5, 0.6) is 5.75 Å². The van der Waals surface area contributed by atoms with Crippen molar-refractivity contribution < 1.29 is 13.5 Å². The number of hydrogen-bond acceptors (Lipinski definition) is 5. The maximum absolute atomic E-state index is 13.8. The van der Waals surface area contributed by atoms with E-state index >= 15 is 0 Å². The van der Waals surface area contributed by atoms with Gasteiger partial charge in [0, 0.05) is 18.2 Å². The molecule has 5 nitrogen and oxygen atoms in total. The van der Waals surface area contributed by atoms with Crippen LogP contribution in [-0.4, -0.2) is 35.1 Å². The number of hydrogen-bond donors (Lipinski definition) is 1. The molecular formula is C16H14F2N4O. The molecule has 23 heavy (non-hydrogen) atoms. The molecule has 0 aliphatic carbocycles. The summed E-state index contributed by atoms with van der Waals surface area (Å²) in [6.07, 6.45) is 1.95. The fourth-order valence-corrected chi connectivity index (χ4v) is 2.45. The van der Waals surface area contributed by atoms with Gasteiger partial charge >= 0.3 is 0 Å². The van der Waals surface area contributed by atoms with E-state index in [1.165, 1.54) is 12.4 Å². The van der Waals surface area contributed by atoms with E-state index in [2.05, 4.69) is 15.3 Å². The molecule has 1 aliphatic rings. The Morgan fingerprint density at radius 2 is 2.22 bits per heavy atom. The van der Waals surface area contributed by atoms with Gasteiger partial charge in [0.1, 0.15) is 18.1 Å². The van der Waals surface area contributed by atoms with Gasteiger partial charge in [0.05, 0.1) is 17.8 Å². The van der Waals surface area contributed by atoms with E-state index in [0.717, 1.165) is 0 Å². The fourth-order valence-electron chi connectivity index (χ4n) is 2.45. The Balaban J connectivity index is 1.87. The summed E-state index contributed by atoms with van der Waals surface area (Å²) in [5, 5.41) is 11.9. The van der Waals surface area contributed by atoms with Gasteiger partial charge in [-0.25, -0.2) is 18.7 Å². The van der Waals surface area contributed by atoms with Gasteiger partial charge in [-0.05, 0) is 30.8 Å². The highest BCUT2D eigenvalue weighted by molar-refractivity contribution is 5.63. The summed E-state index contributed by atoms with van der Waals surface area (Å²) in [4.78, 5) is 7.94. The van der Waals surface area contributed by atoms with Crippen LogP contribution in [0.25, 0.3) is 11.3 Å². The number of piperidine rings is 1. The molecule has 0 bridgehead atoms. The van der Waals surface area contributed by atoms with Crippen molar-refractivity contribution in [3.05, 3.63) is 42.4 Å². The zero-order chi connectivity index (χ0) is 16.3. The van der Waals surface area contributed by atoms with Crippen LogP contribution < -0.4 is 10.1 Å². The number of halogens is 2. The molecule has 0 saturated carbocycles. The Labute approximate surface area is 131 Å². The van der Waals surface area contributed by atoms with Crippen molar-refractivity contribution in [2.24, 2.45) is 0 Å². The number of alkyl halides is 2. The van der Waals surface area contributed by atoms with Crippen LogP contribution in [0.1, 0.15) is 12.0 Å². The molecule has 2 aromatic rings. The molecule has 0 radical (unpaired) electrons. The lowest BCUT2D eigenvalue weighted by Crippen LogP contribution is -2.52. The Morgan fingerprint density at radius 1 is 1.35 bits per heavy atom. The molecule has 0 amide bonds. The van der Waals surface area contributed by atoms with Crippen LogP contribution in [0.3, 0.4) is 0 Å². The first-order valence-corrected chi connectivity index (χ1v) is 7.16. The van der Waals surface area contributed by atoms with Gasteiger partial charge in [0.15, 0.2) is 6.10 Å². The minimum Gasteiger partial charge on any atom is -0.483 e. The van der Waals surface area contributed by atoms with Crippen molar-refractivity contribution in [2.45, 2.75) is 18.4 Å². The third-order valence-corrected chi connectivity index (χ3v) is 3.66. The summed E-state index contributed by atoms with van der Waals surface area (Å²) in [5.74, 6) is -2.80. The van der Waals surface area contributed by atoms with Gasteiger partial charge in [0.2, 0.25) is 0 Å². The number of ether oxygens (including phenoxy) is 1. The van der Waals surface area contributed by atoms with Crippen LogP contribution in [0.15, 0.2) is 36.8 Å². The third-order valence-electron chi connectivity index (χ3n) is 3.66. The SMILES string of the molecule is N#Cc1cc(-c2ccncn2)ccc1O[C@H]1CCNCC1(F)F. The molecule has 1 atom stereocenters. The normalized spacial score (nSPS) is 19.8. The lowest BCUT2D eigenvalue weighted by atomic mass is 10.0. The quantitative estimate of drug-likeness (QED) is 0.941. The number of nitrogens with zero attached hydrogens (tertiary/aromatic N) is 3. The average molecular weight is 316 g/mol. The molecule has 3 rings (SSSR count). The third kappa shape index (κ3) is 3.27. The number of nitriles is 1. The molecule has 1 N–H and O–H groups in total. The van der Waals surface area contributed by atoms with E-state index in [-0.39, 0.29) is 17.7 Å². The second-order valence-corrected chi connectivity index (χ2v) is 5.25. The summed E-state index contributed by atoms with van der Waals surface area (Å²) in [6.45, 7) is 0.0414. The molecule has 1 aromatic carbocycles. The average Bonchev–Trinajstić information content (AvgIpc) is 2.57. The molecule has 0 spiro atoms. The lowest BCUT2D eigenvalue weighted by Gasteiger charge is -2.32. The van der Waals surface area contributed by atoms with Crippen LogP contribution >= 0.6 is 0 Å². The highest BCUT2D eigenvalue weighted by Crippen LogP contribution is 2.31. The van der Waals surface area contributed by atoms with E-state index < -0.39 is 18.6 Å². The summed E-state index contributed by atoms with van der Waals surface area (Å²) >= 11 is 0. The van der Waals surface area contributed by atoms with E-state index in [4.69, 9.17) is 4.74 Å². The van der Waals surface area contributed by atoms with Crippen molar-refractivity contribution >= 4 is 0 Å². The zero-order valence-electron chi connectivity index (χ0n) is 12.2. The van der Waals surface area contributed by atoms with Crippen LogP contribution in [0, 0.1) is 11.3 Å². The standard InChI is InChI=1S/C16H14F2N4O/c17-16(18)9-20-6-4-15(16)23-14-2-1-11(7-12(14)8-19)13-3-5-21-10-22-13/h1-3,5,7,10,15,20H,4,6,9H2/t15-/m0/s1. The van der Waals surface area contributed by atoms with Crippen molar-refractivity contribution in [2.75, 3.05) is 13.1 Å². The minimum absolute atomic E-state index is 0.164. The summed E-state index contributed by atoms with van der Waals surface area (Å²) in [7, 11) is 0. The first-order chi connectivity index (χ1) is 11.1. The predicted octanol–water partition coefficient (Wildman–Crippen LogP) is 2.39. The largest absolute Gasteiger partial charge is 0.483 e. The molecule has 0 unspecified atom stereocenters. The lowest BCUT2D eigenvalue weighted by molar-refractivity contribution is -0.109. The van der Waals surface area contributed by atoms with Gasteiger partial charge in [-0.1, -0.05) is 0 Å². The molecule has 1 fully saturated rings. The highest BCUT2D eigenvalue weighted by atomic mass is 19.3. The van der Waals surface area contributed by atoms with Gasteiger partial charge < -0.3 is 10.1 Å². The van der Waals surface area contributed by atoms with E-state index in [0.29, 0.717) is 17.8 Å². The first kappa shape index (κ1) is 15.3. The Kier molecular flexibility index (Phi) is 4.17. The van der Waals surface area contributed by atoms with Gasteiger partial charge in [-0.2, -0.15) is 5.26 Å². The van der Waals surface area contributed by atoms with Crippen LogP contribution in [-0.2, 0) is 0 Å². The molecule has 118 valence electrons. The summed E-state index contributed by atoms with van der Waals surface area (Å²) in [5.41, 5.74) is 1.55. The van der Waals surface area contributed by atoms with Gasteiger partial charge in [-0.15, -0.1) is 0 Å². The zero-order valence-corrected chi connectivity index (χ0v) is 12.2. The van der Waals surface area contributed by atoms with Crippen molar-refractivity contribution in [3.63, 3.8) is 0 Å². The van der Waals surface area contributed by atoms with E-state index in [9.17, 15) is 14.0 Å². The summed E-state index contributed by atoms with van der Waals surface area (Å²) in [6, 6.07) is 8.51. The number of rotatable bonds is 3. The molecule has 7 heteroatoms. The molecule has 1 aliphatic heterocycles. The maximum Gasteiger partial charge on any atom is 0.296 e. The number of aromatic nitrogens is 2. The Bertz CT molecular complexity index is 731. The van der Waals surface area contributed by atoms with Crippen molar-refractivity contribution in [1.82, 2.24) is 15.3 Å². The van der Waals surface area contributed by atoms with E-state index in [1.807, 2.05) is 6.07 Å².